The predicted molar refractivity (Wildman–Crippen MR) is 76.4 cm³/mol. The maximum Gasteiger partial charge on any atom is 0.0230 e. The van der Waals surface area contributed by atoms with E-state index in [0.717, 1.165) is 0 Å². The Morgan fingerprint density at radius 2 is 1.19 bits per heavy atom. The molecule has 0 saturated heterocycles. The van der Waals surface area contributed by atoms with E-state index in [9.17, 15) is 0 Å². The van der Waals surface area contributed by atoms with E-state index >= 15 is 0 Å². The normalized spacial score (nSPS) is 10.6. The largest absolute Gasteiger partial charge is 0.106 e. The van der Waals surface area contributed by atoms with Gasteiger partial charge in [0.1, 0.15) is 0 Å². The van der Waals surface area contributed by atoms with Gasteiger partial charge in [-0.3, -0.25) is 0 Å². The van der Waals surface area contributed by atoms with Crippen molar-refractivity contribution in [2.45, 2.75) is 69.2 Å². The molecule has 0 heteroatoms. The predicted octanol–water partition coefficient (Wildman–Crippen LogP) is 5.44. The van der Waals surface area contributed by atoms with Crippen LogP contribution in [0.25, 0.3) is 0 Å². The van der Waals surface area contributed by atoms with Crippen LogP contribution >= 0.6 is 0 Å². The minimum Gasteiger partial charge on any atom is -0.106 e. The van der Waals surface area contributed by atoms with E-state index in [2.05, 4.69) is 74.2 Å². The molecule has 0 aliphatic heterocycles. The van der Waals surface area contributed by atoms with E-state index in [0.29, 0.717) is 5.41 Å². The molecule has 0 atom stereocenters. The van der Waals surface area contributed by atoms with Crippen molar-refractivity contribution in [3.05, 3.63) is 11.1 Å². The fourth-order valence-corrected chi connectivity index (χ4v) is 1.12. The van der Waals surface area contributed by atoms with Gasteiger partial charge in [0.15, 0.2) is 0 Å². The maximum absolute atomic E-state index is 3.03. The first kappa shape index (κ1) is 17.7. The minimum atomic E-state index is 0.189. The molecule has 0 heterocycles. The summed E-state index contributed by atoms with van der Waals surface area (Å²) in [6, 6.07) is 0. The summed E-state index contributed by atoms with van der Waals surface area (Å²) in [6.07, 6.45) is 0. The third kappa shape index (κ3) is 11.4. The summed E-state index contributed by atoms with van der Waals surface area (Å²) >= 11 is 0. The molecule has 0 unspecified atom stereocenters. The van der Waals surface area contributed by atoms with Crippen LogP contribution in [0.5, 0.6) is 0 Å². The molecule has 0 bridgehead atoms. The first-order valence-electron chi connectivity index (χ1n) is 6.00. The van der Waals surface area contributed by atoms with Crippen molar-refractivity contribution in [2.75, 3.05) is 0 Å². The molecule has 0 radical (unpaired) electrons. The molecular formula is C16H30. The van der Waals surface area contributed by atoms with Gasteiger partial charge in [0.05, 0.1) is 0 Å². The molecule has 0 fully saturated rings. The van der Waals surface area contributed by atoms with Crippen LogP contribution in [-0.2, 0) is 0 Å². The van der Waals surface area contributed by atoms with Gasteiger partial charge in [0, 0.05) is 5.41 Å². The second kappa shape index (κ2) is 6.79. The Labute approximate surface area is 104 Å². The van der Waals surface area contributed by atoms with Crippen LogP contribution in [0.15, 0.2) is 11.1 Å². The van der Waals surface area contributed by atoms with E-state index in [1.807, 2.05) is 6.92 Å². The highest BCUT2D eigenvalue weighted by molar-refractivity contribution is 5.13. The van der Waals surface area contributed by atoms with Gasteiger partial charge in [-0.25, -0.2) is 0 Å². The smallest absolute Gasteiger partial charge is 0.0230 e. The first-order valence-corrected chi connectivity index (χ1v) is 6.00. The van der Waals surface area contributed by atoms with Crippen molar-refractivity contribution in [3.63, 3.8) is 0 Å². The van der Waals surface area contributed by atoms with Crippen molar-refractivity contribution in [1.29, 1.82) is 0 Å². The highest BCUT2D eigenvalue weighted by atomic mass is 14.2. The molecule has 0 aliphatic carbocycles. The van der Waals surface area contributed by atoms with Crippen LogP contribution in [0.2, 0.25) is 0 Å². The molecule has 0 aliphatic rings. The summed E-state index contributed by atoms with van der Waals surface area (Å²) in [5.74, 6) is 5.89. The average molecular weight is 222 g/mol. The van der Waals surface area contributed by atoms with Crippen molar-refractivity contribution < 1.29 is 0 Å². The van der Waals surface area contributed by atoms with Crippen LogP contribution in [0, 0.1) is 22.7 Å². The van der Waals surface area contributed by atoms with Crippen LogP contribution in [0.3, 0.4) is 0 Å². The summed E-state index contributed by atoms with van der Waals surface area (Å²) in [5, 5.41) is 0. The first-order chi connectivity index (χ1) is 6.91. The van der Waals surface area contributed by atoms with Gasteiger partial charge >= 0.3 is 0 Å². The van der Waals surface area contributed by atoms with E-state index in [1.165, 1.54) is 11.1 Å². The molecule has 0 rings (SSSR count). The maximum atomic E-state index is 3.03. The topological polar surface area (TPSA) is 0 Å². The second-order valence-electron chi connectivity index (χ2n) is 6.50. The lowest BCUT2D eigenvalue weighted by Crippen LogP contribution is -2.07. The molecule has 0 aromatic carbocycles. The molecule has 0 N–H and O–H groups in total. The zero-order chi connectivity index (χ0) is 13.6. The Morgan fingerprint density at radius 3 is 1.19 bits per heavy atom. The lowest BCUT2D eigenvalue weighted by molar-refractivity contribution is 0.498. The molecule has 0 spiro atoms. The third-order valence-corrected chi connectivity index (χ3v) is 2.38. The number of rotatable bonds is 0. The van der Waals surface area contributed by atoms with Gasteiger partial charge in [-0.15, -0.1) is 5.92 Å². The summed E-state index contributed by atoms with van der Waals surface area (Å²) in [6.45, 7) is 21.4. The molecule has 0 aromatic heterocycles. The van der Waals surface area contributed by atoms with E-state index < -0.39 is 0 Å². The number of allylic oxidation sites excluding steroid dienone is 2. The lowest BCUT2D eigenvalue weighted by Gasteiger charge is -2.20. The Balaban J connectivity index is 0. The molecule has 16 heavy (non-hydrogen) atoms. The Morgan fingerprint density at radius 1 is 0.812 bits per heavy atom. The zero-order valence-corrected chi connectivity index (χ0v) is 13.0. The summed E-state index contributed by atoms with van der Waals surface area (Å²) < 4.78 is 0. The second-order valence-corrected chi connectivity index (χ2v) is 6.50. The van der Waals surface area contributed by atoms with Crippen LogP contribution in [0.4, 0.5) is 0 Å². The molecule has 94 valence electrons. The van der Waals surface area contributed by atoms with Crippen LogP contribution in [0.1, 0.15) is 69.2 Å². The summed E-state index contributed by atoms with van der Waals surface area (Å²) in [4.78, 5) is 0. The fraction of sp³-hybridized carbons (Fsp3) is 0.750. The molecular weight excluding hydrogens is 192 g/mol. The Bertz CT molecular complexity index is 275. The molecule has 0 nitrogen and oxygen atoms in total. The van der Waals surface area contributed by atoms with Gasteiger partial charge in [-0.05, 0) is 53.9 Å². The highest BCUT2D eigenvalue weighted by Gasteiger charge is 2.12. The number of hydrogen-bond donors (Lipinski definition) is 0. The van der Waals surface area contributed by atoms with E-state index in [4.69, 9.17) is 0 Å². The van der Waals surface area contributed by atoms with E-state index in [1.54, 1.807) is 0 Å². The van der Waals surface area contributed by atoms with Crippen LogP contribution < -0.4 is 0 Å². The quantitative estimate of drug-likeness (QED) is 0.378. The van der Waals surface area contributed by atoms with Crippen molar-refractivity contribution in [2.24, 2.45) is 10.8 Å². The van der Waals surface area contributed by atoms with Gasteiger partial charge in [-0.2, -0.15) is 0 Å². The third-order valence-electron chi connectivity index (χ3n) is 2.38. The SMILES string of the molecule is CC#CC(C)(C)C.CC(C)=C(C)C(C)(C)C. The standard InChI is InChI=1S/C9H18.C7H12/c1-7(2)8(3)9(4,5)6;1-5-6-7(2,3)4/h1-6H3;1-4H3. The summed E-state index contributed by atoms with van der Waals surface area (Å²) in [5.41, 5.74) is 3.50. The minimum absolute atomic E-state index is 0.189. The highest BCUT2D eigenvalue weighted by Crippen LogP contribution is 2.26. The van der Waals surface area contributed by atoms with Gasteiger partial charge in [0.25, 0.3) is 0 Å². The average Bonchev–Trinajstić information content (AvgIpc) is 1.99. The molecule has 0 aromatic rings. The Kier molecular flexibility index (Phi) is 7.51. The van der Waals surface area contributed by atoms with Crippen LogP contribution in [-0.4, -0.2) is 0 Å². The fourth-order valence-electron chi connectivity index (χ4n) is 1.12. The van der Waals surface area contributed by atoms with Crippen molar-refractivity contribution >= 4 is 0 Å². The van der Waals surface area contributed by atoms with Gasteiger partial charge in [-0.1, -0.05) is 37.8 Å². The van der Waals surface area contributed by atoms with Crippen molar-refractivity contribution in [3.8, 4) is 11.8 Å². The Hall–Kier alpha value is -0.700. The molecule has 0 amide bonds. The van der Waals surface area contributed by atoms with E-state index in [-0.39, 0.29) is 5.41 Å². The monoisotopic (exact) mass is 222 g/mol. The number of hydrogen-bond acceptors (Lipinski definition) is 0. The van der Waals surface area contributed by atoms with Crippen molar-refractivity contribution in [1.82, 2.24) is 0 Å². The zero-order valence-electron chi connectivity index (χ0n) is 13.0. The van der Waals surface area contributed by atoms with Gasteiger partial charge < -0.3 is 0 Å². The molecule has 0 saturated carbocycles. The van der Waals surface area contributed by atoms with Gasteiger partial charge in [0.2, 0.25) is 0 Å². The summed E-state index contributed by atoms with van der Waals surface area (Å²) in [7, 11) is 0. The lowest BCUT2D eigenvalue weighted by atomic mass is 9.85.